The van der Waals surface area contributed by atoms with E-state index in [1.54, 1.807) is 28.0 Å². The molecule has 0 saturated carbocycles. The Kier molecular flexibility index (Phi) is 6.66. The summed E-state index contributed by atoms with van der Waals surface area (Å²) >= 11 is 0. The van der Waals surface area contributed by atoms with Crippen LogP contribution in [0.15, 0.2) is 42.9 Å². The highest BCUT2D eigenvalue weighted by atomic mass is 16.5. The maximum atomic E-state index is 13.5. The van der Waals surface area contributed by atoms with Crippen LogP contribution in [0.5, 0.6) is 11.8 Å². The van der Waals surface area contributed by atoms with Crippen molar-refractivity contribution in [2.45, 2.75) is 26.8 Å². The largest absolute Gasteiger partial charge is 0.481 e. The average Bonchev–Trinajstić information content (AvgIpc) is 3.19. The Morgan fingerprint density at radius 1 is 1.20 bits per heavy atom. The van der Waals surface area contributed by atoms with Crippen LogP contribution in [-0.4, -0.2) is 56.9 Å². The van der Waals surface area contributed by atoms with Crippen molar-refractivity contribution >= 4 is 5.91 Å². The van der Waals surface area contributed by atoms with Gasteiger partial charge in [0.25, 0.3) is 5.91 Å². The number of aryl methyl sites for hydroxylation is 2. The Bertz CT molecular complexity index is 1000. The zero-order valence-corrected chi connectivity index (χ0v) is 18.0. The van der Waals surface area contributed by atoms with Crippen molar-refractivity contribution in [3.63, 3.8) is 0 Å². The van der Waals surface area contributed by atoms with Gasteiger partial charge in [0.2, 0.25) is 11.8 Å². The molecule has 158 valence electrons. The number of carbonyl (C=O) groups is 1. The highest BCUT2D eigenvalue weighted by molar-refractivity contribution is 6.00. The third-order valence-corrected chi connectivity index (χ3v) is 4.80. The Hall–Kier alpha value is -3.42. The molecule has 8 nitrogen and oxygen atoms in total. The highest BCUT2D eigenvalue weighted by Gasteiger charge is 2.25. The molecule has 0 aliphatic rings. The van der Waals surface area contributed by atoms with E-state index in [1.807, 2.05) is 52.2 Å². The first-order chi connectivity index (χ1) is 14.4. The second-order valence-corrected chi connectivity index (χ2v) is 7.07. The van der Waals surface area contributed by atoms with Gasteiger partial charge >= 0.3 is 0 Å². The topological polar surface area (TPSA) is 82.4 Å². The fraction of sp³-hybridized carbons (Fsp3) is 0.364. The van der Waals surface area contributed by atoms with E-state index < -0.39 is 0 Å². The smallest absolute Gasteiger partial charge is 0.255 e. The third-order valence-electron chi connectivity index (χ3n) is 4.80. The van der Waals surface area contributed by atoms with Crippen molar-refractivity contribution in [1.82, 2.24) is 24.6 Å². The van der Waals surface area contributed by atoms with E-state index in [0.29, 0.717) is 41.7 Å². The van der Waals surface area contributed by atoms with Gasteiger partial charge in [-0.05, 0) is 32.4 Å². The summed E-state index contributed by atoms with van der Waals surface area (Å²) in [6.45, 7) is 6.72. The lowest BCUT2D eigenvalue weighted by molar-refractivity contribution is 0.0646. The summed E-state index contributed by atoms with van der Waals surface area (Å²) in [5.74, 6) is 0.782. The van der Waals surface area contributed by atoms with Gasteiger partial charge in [-0.2, -0.15) is 5.10 Å². The number of nitrogens with zero attached hydrogens (tertiary/aromatic N) is 5. The lowest BCUT2D eigenvalue weighted by Crippen LogP contribution is -2.42. The van der Waals surface area contributed by atoms with Crippen LogP contribution in [0.3, 0.4) is 0 Å². The molecule has 1 atom stereocenters. The summed E-state index contributed by atoms with van der Waals surface area (Å²) in [6, 6.07) is 7.11. The third kappa shape index (κ3) is 4.76. The number of hydrogen-bond donors (Lipinski definition) is 0. The molecule has 0 aromatic carbocycles. The molecule has 0 N–H and O–H groups in total. The molecule has 0 bridgehead atoms. The molecule has 1 amide bonds. The molecule has 8 heteroatoms. The maximum absolute atomic E-state index is 13.5. The summed E-state index contributed by atoms with van der Waals surface area (Å²) in [5.41, 5.74) is 2.89. The molecule has 0 aliphatic heterocycles. The average molecular weight is 409 g/mol. The molecule has 0 aliphatic carbocycles. The van der Waals surface area contributed by atoms with Crippen LogP contribution >= 0.6 is 0 Å². The quantitative estimate of drug-likeness (QED) is 0.569. The minimum atomic E-state index is -0.165. The predicted molar refractivity (Wildman–Crippen MR) is 114 cm³/mol. The molecule has 0 unspecified atom stereocenters. The van der Waals surface area contributed by atoms with Crippen LogP contribution in [0.25, 0.3) is 11.3 Å². The van der Waals surface area contributed by atoms with Crippen molar-refractivity contribution in [2.75, 3.05) is 20.3 Å². The Balaban J connectivity index is 1.84. The minimum Gasteiger partial charge on any atom is -0.481 e. The van der Waals surface area contributed by atoms with Gasteiger partial charge in [0.1, 0.15) is 6.61 Å². The first kappa shape index (κ1) is 21.3. The van der Waals surface area contributed by atoms with Gasteiger partial charge in [-0.3, -0.25) is 9.48 Å². The Morgan fingerprint density at radius 3 is 2.57 bits per heavy atom. The van der Waals surface area contributed by atoms with Gasteiger partial charge in [0.15, 0.2) is 0 Å². The van der Waals surface area contributed by atoms with Gasteiger partial charge in [-0.25, -0.2) is 9.97 Å². The number of ether oxygens (including phenoxy) is 2. The Labute approximate surface area is 176 Å². The van der Waals surface area contributed by atoms with Gasteiger partial charge in [0, 0.05) is 49.9 Å². The predicted octanol–water partition coefficient (Wildman–Crippen LogP) is 3.12. The first-order valence-electron chi connectivity index (χ1n) is 9.83. The van der Waals surface area contributed by atoms with Crippen molar-refractivity contribution in [3.05, 3.63) is 54.0 Å². The second-order valence-electron chi connectivity index (χ2n) is 7.07. The molecule has 3 rings (SSSR count). The summed E-state index contributed by atoms with van der Waals surface area (Å²) < 4.78 is 12.7. The zero-order valence-electron chi connectivity index (χ0n) is 18.0. The molecule has 3 aromatic rings. The number of methoxy groups -OCH3 is 1. The van der Waals surface area contributed by atoms with E-state index in [9.17, 15) is 4.79 Å². The van der Waals surface area contributed by atoms with Crippen molar-refractivity contribution in [1.29, 1.82) is 0 Å². The van der Waals surface area contributed by atoms with Crippen LogP contribution in [-0.2, 0) is 7.05 Å². The van der Waals surface area contributed by atoms with E-state index in [4.69, 9.17) is 9.47 Å². The van der Waals surface area contributed by atoms with Crippen LogP contribution in [0, 0.1) is 6.92 Å². The zero-order chi connectivity index (χ0) is 21.7. The number of amides is 1. The van der Waals surface area contributed by atoms with Crippen molar-refractivity contribution in [3.8, 4) is 23.0 Å². The van der Waals surface area contributed by atoms with Crippen LogP contribution in [0.2, 0.25) is 0 Å². The van der Waals surface area contributed by atoms with Crippen LogP contribution in [0.4, 0.5) is 0 Å². The van der Waals surface area contributed by atoms with E-state index >= 15 is 0 Å². The standard InChI is InChI=1S/C22H27N5O3/c1-6-27(16(3)14-30-20-8-7-15(2)12-23-20)22(28)17-11-21(29-5)24-13-18(17)19-9-10-26(4)25-19/h7-13,16H,6,14H2,1-5H3/t16-/m0/s1. The van der Waals surface area contributed by atoms with Gasteiger partial charge in [-0.1, -0.05) is 6.07 Å². The van der Waals surface area contributed by atoms with E-state index in [0.717, 1.165) is 5.56 Å². The first-order valence-corrected chi connectivity index (χ1v) is 9.83. The van der Waals surface area contributed by atoms with E-state index in [-0.39, 0.29) is 11.9 Å². The minimum absolute atomic E-state index is 0.133. The summed E-state index contributed by atoms with van der Waals surface area (Å²) in [5, 5.41) is 4.42. The number of hydrogen-bond acceptors (Lipinski definition) is 6. The molecular formula is C22H27N5O3. The number of likely N-dealkylation sites (N-methyl/N-ethyl adjacent to an activating group) is 1. The van der Waals surface area contributed by atoms with Gasteiger partial charge in [0.05, 0.1) is 24.4 Å². The monoisotopic (exact) mass is 409 g/mol. The van der Waals surface area contributed by atoms with Gasteiger partial charge in [-0.15, -0.1) is 0 Å². The number of carbonyl (C=O) groups excluding carboxylic acids is 1. The molecule has 0 spiro atoms. The van der Waals surface area contributed by atoms with Crippen molar-refractivity contribution < 1.29 is 14.3 Å². The molecular weight excluding hydrogens is 382 g/mol. The number of rotatable bonds is 8. The molecule has 30 heavy (non-hydrogen) atoms. The summed E-state index contributed by atoms with van der Waals surface area (Å²) in [7, 11) is 3.36. The Morgan fingerprint density at radius 2 is 1.97 bits per heavy atom. The fourth-order valence-electron chi connectivity index (χ4n) is 3.13. The highest BCUT2D eigenvalue weighted by Crippen LogP contribution is 2.26. The summed E-state index contributed by atoms with van der Waals surface area (Å²) in [6.07, 6.45) is 5.21. The molecule has 3 aromatic heterocycles. The normalized spacial score (nSPS) is 11.8. The van der Waals surface area contributed by atoms with Crippen molar-refractivity contribution in [2.24, 2.45) is 7.05 Å². The molecule has 3 heterocycles. The summed E-state index contributed by atoms with van der Waals surface area (Å²) in [4.78, 5) is 23.8. The number of pyridine rings is 2. The number of aromatic nitrogens is 4. The molecule has 0 radical (unpaired) electrons. The fourth-order valence-corrected chi connectivity index (χ4v) is 3.13. The van der Waals surface area contributed by atoms with E-state index in [2.05, 4.69) is 15.1 Å². The maximum Gasteiger partial charge on any atom is 0.255 e. The van der Waals surface area contributed by atoms with Crippen LogP contribution < -0.4 is 9.47 Å². The molecule has 0 fully saturated rings. The lowest BCUT2D eigenvalue weighted by Gasteiger charge is -2.28. The van der Waals surface area contributed by atoms with Crippen LogP contribution in [0.1, 0.15) is 29.8 Å². The SMILES string of the molecule is CCN(C(=O)c1cc(OC)ncc1-c1ccn(C)n1)[C@@H](C)COc1ccc(C)cn1. The second kappa shape index (κ2) is 9.39. The lowest BCUT2D eigenvalue weighted by atomic mass is 10.1. The van der Waals surface area contributed by atoms with Gasteiger partial charge < -0.3 is 14.4 Å². The molecule has 0 saturated heterocycles. The van der Waals surface area contributed by atoms with E-state index in [1.165, 1.54) is 7.11 Å².